The highest BCUT2D eigenvalue weighted by Crippen LogP contribution is 2.32. The van der Waals surface area contributed by atoms with E-state index >= 15 is 0 Å². The summed E-state index contributed by atoms with van der Waals surface area (Å²) in [6, 6.07) is -3.69. The van der Waals surface area contributed by atoms with Crippen molar-refractivity contribution >= 4 is 5.91 Å². The third-order valence-corrected chi connectivity index (χ3v) is 9.21. The summed E-state index contributed by atoms with van der Waals surface area (Å²) in [7, 11) is 1.52. The van der Waals surface area contributed by atoms with Crippen LogP contribution < -0.4 is 33.2 Å². The van der Waals surface area contributed by atoms with Crippen molar-refractivity contribution in [2.75, 3.05) is 46.5 Å². The quantitative estimate of drug-likeness (QED) is 0.0710. The number of amides is 1. The molecule has 3 fully saturated rings. The van der Waals surface area contributed by atoms with Crippen LogP contribution in [0.3, 0.4) is 0 Å². The van der Waals surface area contributed by atoms with Gasteiger partial charge < -0.3 is 98.1 Å². The van der Waals surface area contributed by atoms with Gasteiger partial charge in [-0.3, -0.25) is 4.79 Å². The zero-order valence-corrected chi connectivity index (χ0v) is 27.2. The molecule has 3 aliphatic rings. The molecule has 0 aromatic carbocycles. The Bertz CT molecular complexity index is 1000. The maximum absolute atomic E-state index is 12.9. The van der Waals surface area contributed by atoms with Crippen LogP contribution in [0.4, 0.5) is 0 Å². The van der Waals surface area contributed by atoms with E-state index in [1.165, 1.54) is 14.0 Å². The van der Waals surface area contributed by atoms with E-state index in [4.69, 9.17) is 36.1 Å². The van der Waals surface area contributed by atoms with Gasteiger partial charge >= 0.3 is 0 Å². The zero-order chi connectivity index (χ0) is 36.0. The molecule has 20 nitrogen and oxygen atoms in total. The lowest BCUT2D eigenvalue weighted by molar-refractivity contribution is -0.308. The van der Waals surface area contributed by atoms with Gasteiger partial charge in [-0.05, 0) is 33.2 Å². The standard InChI is InChI=1S/C28H56N6O14/c1-27(43)11-45-26(20(41)23(27)32-2)48-22-15(34-24(42)18(39)17(38)16(37)6-29)5-14(31)21(19(22)40)47-25-13(30)4-3-12(46-25)7-33-8-28(44,9-35)10-36/h12-23,25-26,32-33,35-41,43-44H,3-11,29-31H2,1-2H3,(H,34,42). The lowest BCUT2D eigenvalue weighted by Gasteiger charge is -2.49. The van der Waals surface area contributed by atoms with Crippen LogP contribution in [0.1, 0.15) is 26.2 Å². The molecule has 2 heterocycles. The normalized spacial score (nSPS) is 39.8. The van der Waals surface area contributed by atoms with E-state index in [0.29, 0.717) is 12.8 Å². The number of ether oxygens (including phenoxy) is 4. The second kappa shape index (κ2) is 17.8. The van der Waals surface area contributed by atoms with E-state index in [1.54, 1.807) is 0 Å². The first-order chi connectivity index (χ1) is 22.5. The number of hydrogen-bond donors (Lipinski definition) is 15. The van der Waals surface area contributed by atoms with Gasteiger partial charge in [0.05, 0.1) is 50.2 Å². The van der Waals surface area contributed by atoms with Gasteiger partial charge in [-0.2, -0.15) is 0 Å². The summed E-state index contributed by atoms with van der Waals surface area (Å²) in [5.41, 5.74) is 14.8. The Morgan fingerprint density at radius 3 is 2.29 bits per heavy atom. The van der Waals surface area contributed by atoms with Gasteiger partial charge in [0.25, 0.3) is 5.91 Å². The predicted molar refractivity (Wildman–Crippen MR) is 164 cm³/mol. The number of nitrogens with two attached hydrogens (primary N) is 3. The second-order valence-corrected chi connectivity index (χ2v) is 13.3. The van der Waals surface area contributed by atoms with Crippen molar-refractivity contribution in [3.8, 4) is 0 Å². The van der Waals surface area contributed by atoms with E-state index in [9.17, 15) is 50.8 Å². The number of aliphatic hydroxyl groups is 9. The molecule has 1 saturated carbocycles. The van der Waals surface area contributed by atoms with Gasteiger partial charge in [0.2, 0.25) is 0 Å². The molecule has 0 bridgehead atoms. The SMILES string of the molecule is CNC1C(O)C(OC2C(NC(=O)C(O)C(O)C(O)CN)CC(N)C(OC3OC(CNCC(O)(CO)CO)CCC3N)C2O)OCC1(C)O. The average Bonchev–Trinajstić information content (AvgIpc) is 3.05. The van der Waals surface area contributed by atoms with Crippen LogP contribution >= 0.6 is 0 Å². The van der Waals surface area contributed by atoms with E-state index in [-0.39, 0.29) is 26.1 Å². The predicted octanol–water partition coefficient (Wildman–Crippen LogP) is -8.43. The fourth-order valence-electron chi connectivity index (χ4n) is 6.17. The van der Waals surface area contributed by atoms with Crippen molar-refractivity contribution in [2.45, 2.75) is 123 Å². The van der Waals surface area contributed by atoms with Crippen molar-refractivity contribution in [1.82, 2.24) is 16.0 Å². The summed E-state index contributed by atoms with van der Waals surface area (Å²) in [5.74, 6) is -1.13. The van der Waals surface area contributed by atoms with Crippen molar-refractivity contribution in [3.05, 3.63) is 0 Å². The third kappa shape index (κ3) is 9.96. The molecule has 15 unspecified atom stereocenters. The zero-order valence-electron chi connectivity index (χ0n) is 27.2. The van der Waals surface area contributed by atoms with Gasteiger partial charge in [0.15, 0.2) is 18.7 Å². The molecule has 3 rings (SSSR count). The first-order valence-corrected chi connectivity index (χ1v) is 16.1. The fraction of sp³-hybridized carbons (Fsp3) is 0.964. The Hall–Kier alpha value is -1.25. The fourth-order valence-corrected chi connectivity index (χ4v) is 6.17. The van der Waals surface area contributed by atoms with Crippen LogP contribution in [-0.4, -0.2) is 195 Å². The van der Waals surface area contributed by atoms with Crippen LogP contribution in [0.5, 0.6) is 0 Å². The highest BCUT2D eigenvalue weighted by Gasteiger charge is 2.52. The molecule has 282 valence electrons. The molecule has 0 aromatic rings. The highest BCUT2D eigenvalue weighted by atomic mass is 16.7. The number of aliphatic hydroxyl groups excluding tert-OH is 7. The summed E-state index contributed by atoms with van der Waals surface area (Å²) in [4.78, 5) is 12.9. The van der Waals surface area contributed by atoms with Gasteiger partial charge in [0.1, 0.15) is 41.7 Å². The van der Waals surface area contributed by atoms with E-state index in [0.717, 1.165) is 0 Å². The average molecular weight is 701 g/mol. The van der Waals surface area contributed by atoms with Gasteiger partial charge in [0, 0.05) is 25.7 Å². The molecule has 20 heteroatoms. The molecular weight excluding hydrogens is 644 g/mol. The lowest BCUT2D eigenvalue weighted by atomic mass is 9.83. The number of nitrogens with one attached hydrogen (secondary N) is 3. The third-order valence-electron chi connectivity index (χ3n) is 9.21. The number of hydrogen-bond acceptors (Lipinski definition) is 19. The summed E-state index contributed by atoms with van der Waals surface area (Å²) in [6.45, 7) is -0.489. The summed E-state index contributed by atoms with van der Waals surface area (Å²) in [6.07, 6.45) is -13.5. The second-order valence-electron chi connectivity index (χ2n) is 13.3. The lowest BCUT2D eigenvalue weighted by Crippen LogP contribution is -2.70. The van der Waals surface area contributed by atoms with Crippen molar-refractivity contribution in [1.29, 1.82) is 0 Å². The van der Waals surface area contributed by atoms with E-state index < -0.39 is 122 Å². The first kappa shape index (κ1) is 41.2. The summed E-state index contributed by atoms with van der Waals surface area (Å²) < 4.78 is 23.8. The van der Waals surface area contributed by atoms with Crippen molar-refractivity contribution in [2.24, 2.45) is 17.2 Å². The summed E-state index contributed by atoms with van der Waals surface area (Å²) >= 11 is 0. The molecule has 2 aliphatic heterocycles. The molecule has 1 amide bonds. The molecule has 2 saturated heterocycles. The molecule has 15 atom stereocenters. The first-order valence-electron chi connectivity index (χ1n) is 16.1. The number of rotatable bonds is 16. The van der Waals surface area contributed by atoms with Crippen LogP contribution in [0, 0.1) is 0 Å². The highest BCUT2D eigenvalue weighted by molar-refractivity contribution is 5.81. The van der Waals surface area contributed by atoms with Crippen LogP contribution in [0.2, 0.25) is 0 Å². The van der Waals surface area contributed by atoms with Crippen molar-refractivity contribution in [3.63, 3.8) is 0 Å². The Morgan fingerprint density at radius 2 is 1.69 bits per heavy atom. The minimum atomic E-state index is -2.11. The van der Waals surface area contributed by atoms with Crippen molar-refractivity contribution < 1.29 is 69.7 Å². The maximum Gasteiger partial charge on any atom is 0.251 e. The maximum atomic E-state index is 12.9. The van der Waals surface area contributed by atoms with Gasteiger partial charge in [-0.1, -0.05) is 0 Å². The number of likely N-dealkylation sites (N-methyl/N-ethyl adjacent to an activating group) is 1. The topological polar surface area (TPSA) is 350 Å². The minimum absolute atomic E-state index is 0.119. The Morgan fingerprint density at radius 1 is 1.04 bits per heavy atom. The molecule has 0 radical (unpaired) electrons. The van der Waals surface area contributed by atoms with Crippen LogP contribution in [0.25, 0.3) is 0 Å². The number of carbonyl (C=O) groups excluding carboxylic acids is 1. The number of carbonyl (C=O) groups is 1. The monoisotopic (exact) mass is 700 g/mol. The van der Waals surface area contributed by atoms with Crippen LogP contribution in [-0.2, 0) is 23.7 Å². The van der Waals surface area contributed by atoms with E-state index in [2.05, 4.69) is 16.0 Å². The largest absolute Gasteiger partial charge is 0.393 e. The summed E-state index contributed by atoms with van der Waals surface area (Å²) in [5, 5.41) is 101. The molecule has 1 aliphatic carbocycles. The molecular formula is C28H56N6O14. The minimum Gasteiger partial charge on any atom is -0.393 e. The van der Waals surface area contributed by atoms with Gasteiger partial charge in [-0.15, -0.1) is 0 Å². The Balaban J connectivity index is 1.78. The Labute approximate surface area is 278 Å². The van der Waals surface area contributed by atoms with E-state index in [1.807, 2.05) is 0 Å². The smallest absolute Gasteiger partial charge is 0.251 e. The molecule has 48 heavy (non-hydrogen) atoms. The molecule has 0 aromatic heterocycles. The van der Waals surface area contributed by atoms with Gasteiger partial charge in [-0.25, -0.2) is 0 Å². The van der Waals surface area contributed by atoms with Crippen LogP contribution in [0.15, 0.2) is 0 Å². The Kier molecular flexibility index (Phi) is 15.3. The molecule has 18 N–H and O–H groups in total. The molecule has 0 spiro atoms.